The third kappa shape index (κ3) is 11.1. The molecule has 1 aliphatic carbocycles. The van der Waals surface area contributed by atoms with Crippen molar-refractivity contribution in [2.75, 3.05) is 18.9 Å². The summed E-state index contributed by atoms with van der Waals surface area (Å²) in [5.74, 6) is 1.54. The van der Waals surface area contributed by atoms with Gasteiger partial charge in [-0.25, -0.2) is 31.7 Å². The predicted octanol–water partition coefficient (Wildman–Crippen LogP) is -1.05. The third-order valence-electron chi connectivity index (χ3n) is 9.08. The second-order valence-electron chi connectivity index (χ2n) is 13.6. The number of anilines is 1. The first-order valence-electron chi connectivity index (χ1n) is 17.7. The summed E-state index contributed by atoms with van der Waals surface area (Å²) < 4.78 is 130. The first-order valence-corrected chi connectivity index (χ1v) is 25.1. The Kier molecular flexibility index (Phi) is 13.7. The Labute approximate surface area is 367 Å². The van der Waals surface area contributed by atoms with Crippen molar-refractivity contribution in [3.05, 3.63) is 91.5 Å². The fourth-order valence-electron chi connectivity index (χ4n) is 6.54. The zero-order valence-electron chi connectivity index (χ0n) is 32.5. The number of benzene rings is 3. The van der Waals surface area contributed by atoms with Gasteiger partial charge in [-0.1, -0.05) is 17.9 Å². The highest BCUT2D eigenvalue weighted by Gasteiger charge is 2.42. The van der Waals surface area contributed by atoms with Gasteiger partial charge in [0.1, 0.15) is 26.8 Å². The Morgan fingerprint density at radius 2 is 1.67 bits per heavy atom. The van der Waals surface area contributed by atoms with E-state index in [-0.39, 0.29) is 46.0 Å². The molecule has 3 heterocycles. The van der Waals surface area contributed by atoms with Crippen LogP contribution in [0.25, 0.3) is 33.4 Å². The molecule has 1 amide bonds. The number of rotatable bonds is 14. The Bertz CT molecular complexity index is 3460. The first-order chi connectivity index (χ1) is 30.5. The second-order valence-corrected chi connectivity index (χ2v) is 20.7. The van der Waals surface area contributed by atoms with Crippen LogP contribution in [0.4, 0.5) is 5.69 Å². The van der Waals surface area contributed by atoms with Crippen LogP contribution < -0.4 is 33.1 Å². The normalized spacial score (nSPS) is 17.4. The summed E-state index contributed by atoms with van der Waals surface area (Å²) in [6, 6.07) is 7.47. The Morgan fingerprint density at radius 1 is 0.985 bits per heavy atom. The number of nitrogens with zero attached hydrogens (tertiary/aromatic N) is 1. The number of H-pyrrole nitrogens is 1. The molecule has 1 saturated heterocycles. The van der Waals surface area contributed by atoms with E-state index in [4.69, 9.17) is 30.1 Å². The van der Waals surface area contributed by atoms with Gasteiger partial charge in [-0.3, -0.25) is 33.6 Å². The number of carbonyl (C=O) groups excluding carboxylic acids is 1. The summed E-state index contributed by atoms with van der Waals surface area (Å²) in [5.41, 5.74) is 0.382. The Balaban J connectivity index is 1.23. The number of nitrogen functional groups attached to an aromatic ring is 1. The number of ether oxygens (including phenoxy) is 1. The monoisotopic (exact) mass is 1020 g/mol. The van der Waals surface area contributed by atoms with Gasteiger partial charge < -0.3 is 49.4 Å². The average molecular weight is 1020 g/mol. The van der Waals surface area contributed by atoms with Crippen molar-refractivity contribution >= 4 is 72.2 Å². The molecule has 1 fully saturated rings. The fourth-order valence-corrected chi connectivity index (χ4v) is 11.1. The lowest BCUT2D eigenvalue weighted by atomic mass is 9.89. The maximum atomic E-state index is 13.2. The number of nitrogens with two attached hydrogens (primary N) is 2. The molecule has 2 unspecified atom stereocenters. The smallest absolute Gasteiger partial charge is 0.490 e. The summed E-state index contributed by atoms with van der Waals surface area (Å²) in [4.78, 5) is 87.3. The number of amides is 1. The first kappa shape index (κ1) is 49.7. The summed E-state index contributed by atoms with van der Waals surface area (Å²) in [6.07, 6.45) is -1.16. The number of phosphoric acid groups is 3. The van der Waals surface area contributed by atoms with Crippen molar-refractivity contribution in [2.24, 2.45) is 0 Å². The highest BCUT2D eigenvalue weighted by molar-refractivity contribution is 7.86. The molecular weight excluding hydrogens is 991 g/mol. The molecule has 0 radical (unpaired) electrons. The molecule has 2 aromatic carbocycles. The maximum Gasteiger partial charge on any atom is 0.490 e. The van der Waals surface area contributed by atoms with Gasteiger partial charge >= 0.3 is 45.2 Å². The quantitative estimate of drug-likeness (QED) is 0.0208. The van der Waals surface area contributed by atoms with Crippen LogP contribution in [0.5, 0.6) is 0 Å². The number of aromatic carboxylic acids is 1. The lowest BCUT2D eigenvalue weighted by Gasteiger charge is -2.21. The number of hydrogen-bond donors (Lipinski definition) is 10. The topological polar surface area (TPSA) is 467 Å². The average Bonchev–Trinajstić information content (AvgIpc) is 3.64. The molecule has 33 heteroatoms. The zero-order valence-corrected chi connectivity index (χ0v) is 36.8. The molecule has 66 heavy (non-hydrogen) atoms. The molecule has 12 N–H and O–H groups in total. The predicted molar refractivity (Wildman–Crippen MR) is 216 cm³/mol. The van der Waals surface area contributed by atoms with Gasteiger partial charge in [-0.05, 0) is 48.7 Å². The van der Waals surface area contributed by atoms with E-state index < -0.39 is 130 Å². The molecule has 352 valence electrons. The summed E-state index contributed by atoms with van der Waals surface area (Å²) in [7, 11) is -27.6. The Hall–Kier alpha value is -5.70. The van der Waals surface area contributed by atoms with Gasteiger partial charge in [-0.2, -0.15) is 17.0 Å². The number of carboxylic acid groups (broad SMARTS) is 1. The zero-order chi connectivity index (χ0) is 48.9. The number of carbonyl (C=O) groups is 2. The van der Waals surface area contributed by atoms with Crippen molar-refractivity contribution in [1.29, 1.82) is 0 Å². The van der Waals surface area contributed by atoms with E-state index >= 15 is 0 Å². The largest absolute Gasteiger partial charge is 0.744 e. The highest BCUT2D eigenvalue weighted by atomic mass is 32.2. The van der Waals surface area contributed by atoms with Crippen LogP contribution in [0.15, 0.2) is 72.5 Å². The van der Waals surface area contributed by atoms with Gasteiger partial charge in [0.05, 0.1) is 30.5 Å². The van der Waals surface area contributed by atoms with Crippen LogP contribution in [0, 0.1) is 11.8 Å². The molecule has 28 nitrogen and oxygen atoms in total. The number of carboxylic acids is 1. The lowest BCUT2D eigenvalue weighted by Crippen LogP contribution is -2.47. The van der Waals surface area contributed by atoms with E-state index in [1.165, 1.54) is 6.07 Å². The van der Waals surface area contributed by atoms with Crippen molar-refractivity contribution < 1.29 is 102 Å². The van der Waals surface area contributed by atoms with Crippen LogP contribution in [0.1, 0.15) is 45.3 Å². The van der Waals surface area contributed by atoms with Crippen LogP contribution in [-0.2, 0) is 51.8 Å². The van der Waals surface area contributed by atoms with Crippen molar-refractivity contribution in [2.45, 2.75) is 35.0 Å². The SMILES string of the molecule is Nc1ccc2c(-c3ccc(C(=O)NCC#Cc4cn([C@H]5CC[C@@H](COP(=O)(O)OP(=O)(O)OP(=O)(O)O)O5)c(=O)[nH]c4=O)cc3C(=O)O)c3ccc(=[NH2+])c(S(=O)(=O)O)c-3oc2c1S(=O)(=O)[O-]. The van der Waals surface area contributed by atoms with Gasteiger partial charge in [0, 0.05) is 34.3 Å². The molecule has 6 rings (SSSR count). The number of aromatic amines is 1. The van der Waals surface area contributed by atoms with Gasteiger partial charge in [0.15, 0.2) is 11.3 Å². The van der Waals surface area contributed by atoms with Gasteiger partial charge in [-0.15, -0.1) is 0 Å². The molecular formula is C33H30N5O23P3S2. The van der Waals surface area contributed by atoms with Crippen LogP contribution in [0.3, 0.4) is 0 Å². The molecule has 4 atom stereocenters. The van der Waals surface area contributed by atoms with Crippen molar-refractivity contribution in [3.63, 3.8) is 0 Å². The third-order valence-corrected chi connectivity index (χ3v) is 14.7. The van der Waals surface area contributed by atoms with E-state index in [0.717, 1.165) is 47.2 Å². The molecule has 0 spiro atoms. The van der Waals surface area contributed by atoms with Crippen LogP contribution >= 0.6 is 23.5 Å². The van der Waals surface area contributed by atoms with Gasteiger partial charge in [0.25, 0.3) is 11.5 Å². The minimum absolute atomic E-state index is 0.0282. The molecule has 3 aromatic rings. The van der Waals surface area contributed by atoms with E-state index in [1.54, 1.807) is 0 Å². The summed E-state index contributed by atoms with van der Waals surface area (Å²) in [6.45, 7) is -1.30. The molecule has 0 bridgehead atoms. The number of nitrogens with one attached hydrogen (secondary N) is 2. The number of hydrogen-bond acceptors (Lipinski definition) is 18. The highest BCUT2D eigenvalue weighted by Crippen LogP contribution is 2.66. The van der Waals surface area contributed by atoms with E-state index in [0.29, 0.717) is 0 Å². The Morgan fingerprint density at radius 3 is 2.30 bits per heavy atom. The minimum atomic E-state index is -5.78. The number of phosphoric ester groups is 1. The van der Waals surface area contributed by atoms with Crippen molar-refractivity contribution in [3.8, 4) is 34.3 Å². The molecule has 0 saturated carbocycles. The standard InChI is InChI=1S/C33H30N5O23P3S2/c34-22-8-6-19-25(20-7-9-23(35)29(66(54,55)56)27(20)59-26(19)28(22)65(51,52)53)18-5-3-15(12-21(18)32(41)42)30(39)36-11-1-2-16-13-38(33(43)37-31(16)40)24-10-4-17(58-24)14-57-63(47,48)61-64(49,50)60-62(44,45)46/h3,5-9,12-13,17,24,34H,4,10-11,14,35H2,(H,36,39)(H,41,42)(H,47,48)(H,49,50)(H,37,40,43)(H2,44,45,46)(H,51,52,53)(H,54,55,56)/t17-,24+/m0/s1. The lowest BCUT2D eigenvalue weighted by molar-refractivity contribution is -0.176. The van der Waals surface area contributed by atoms with E-state index in [1.807, 2.05) is 4.98 Å². The van der Waals surface area contributed by atoms with Gasteiger partial charge in [0.2, 0.25) is 10.3 Å². The van der Waals surface area contributed by atoms with E-state index in [9.17, 15) is 73.7 Å². The molecule has 3 aliphatic rings. The molecule has 1 aromatic heterocycles. The molecule has 2 aliphatic heterocycles. The minimum Gasteiger partial charge on any atom is -0.744 e. The number of fused-ring (bicyclic) bond motifs is 2. The fraction of sp³-hybridized carbons (Fsp3) is 0.182. The van der Waals surface area contributed by atoms with Crippen LogP contribution in [0.2, 0.25) is 0 Å². The number of aromatic nitrogens is 2. The van der Waals surface area contributed by atoms with Crippen LogP contribution in [-0.4, -0.2) is 91.3 Å². The second kappa shape index (κ2) is 18.2. The van der Waals surface area contributed by atoms with E-state index in [2.05, 4.69) is 30.3 Å². The summed E-state index contributed by atoms with van der Waals surface area (Å²) >= 11 is 0. The van der Waals surface area contributed by atoms with Crippen molar-refractivity contribution in [1.82, 2.24) is 14.9 Å². The summed E-state index contributed by atoms with van der Waals surface area (Å²) in [5, 5.41) is 17.7. The maximum absolute atomic E-state index is 13.2.